The largest absolute Gasteiger partial charge is 0.468 e. The number of carbonyl (C=O) groups is 8. The highest BCUT2D eigenvalue weighted by Gasteiger charge is 2.78. The molecule has 2 aliphatic carbocycles. The van der Waals surface area contributed by atoms with Gasteiger partial charge in [0.05, 0.1) is 54.5 Å². The second-order valence-electron chi connectivity index (χ2n) is 25.1. The van der Waals surface area contributed by atoms with Crippen molar-refractivity contribution >= 4 is 74.8 Å². The number of likely N-dealkylation sites (tertiary alicyclic amines) is 4. The number of hydrogen-bond donors (Lipinski definition) is 4. The van der Waals surface area contributed by atoms with Crippen LogP contribution in [-0.2, 0) is 52.9 Å². The molecule has 89 heavy (non-hydrogen) atoms. The molecule has 12 rings (SSSR count). The molecule has 2 atom stereocenters. The van der Waals surface area contributed by atoms with Crippen LogP contribution in [0.15, 0.2) is 48.9 Å². The van der Waals surface area contributed by atoms with Gasteiger partial charge in [-0.25, -0.2) is 17.9 Å². The van der Waals surface area contributed by atoms with Crippen LogP contribution < -0.4 is 16.0 Å². The molecule has 472 valence electrons. The Balaban J connectivity index is 0.543. The molecule has 2 aromatic carbocycles. The number of esters is 1. The average Bonchev–Trinajstić information content (AvgIpc) is 1.54. The van der Waals surface area contributed by atoms with Crippen LogP contribution in [0.1, 0.15) is 109 Å². The van der Waals surface area contributed by atoms with E-state index in [1.54, 1.807) is 50.5 Å². The summed E-state index contributed by atoms with van der Waals surface area (Å²) >= 11 is 0. The zero-order valence-corrected chi connectivity index (χ0v) is 50.2. The fourth-order valence-corrected chi connectivity index (χ4v) is 14.3. The Morgan fingerprint density at radius 1 is 0.753 bits per heavy atom. The topological polar surface area (TPSA) is 277 Å². The Morgan fingerprint density at radius 2 is 1.42 bits per heavy atom. The normalized spacial score (nSPS) is 20.9. The summed E-state index contributed by atoms with van der Waals surface area (Å²) in [6.07, 6.45) is 10.8. The number of piperidine rings is 4. The van der Waals surface area contributed by atoms with Crippen molar-refractivity contribution in [2.45, 2.75) is 109 Å². The van der Waals surface area contributed by atoms with Gasteiger partial charge in [-0.15, -0.1) is 0 Å². The predicted molar refractivity (Wildman–Crippen MR) is 316 cm³/mol. The van der Waals surface area contributed by atoms with E-state index < -0.39 is 52.7 Å². The first-order chi connectivity index (χ1) is 42.8. The maximum Gasteiger partial charge on any atom is 0.325 e. The summed E-state index contributed by atoms with van der Waals surface area (Å²) in [7, 11) is 1.19. The van der Waals surface area contributed by atoms with Crippen LogP contribution in [0.3, 0.4) is 0 Å². The minimum absolute atomic E-state index is 0.00710. The molecule has 5 fully saturated rings. The van der Waals surface area contributed by atoms with Crippen LogP contribution >= 0.6 is 0 Å². The molecule has 0 spiro atoms. The van der Waals surface area contributed by atoms with E-state index in [0.717, 1.165) is 45.3 Å². The fourth-order valence-electron chi connectivity index (χ4n) is 14.3. The van der Waals surface area contributed by atoms with Crippen LogP contribution in [0.5, 0.6) is 0 Å². The molecule has 4 aliphatic heterocycles. The number of benzene rings is 2. The number of aromatic amines is 1. The lowest BCUT2D eigenvalue weighted by atomic mass is 9.87. The standard InChI is InChI=1S/C62H74F3N15O9/c1-36-56-43(5-4-6-48(56)79(73-36)35-52(82)66-31-51(81)67-32-55(85)89-3)44-26-49-40(25-46(44)63)29-69-80(49)54(84)8-7-53(83)75-19-9-37(10-20-75)33-74-17-11-38(12-18-74)59(87)76-21-13-39(14-22-76)60(88)77-23-15-42(16-24-77)78-34-41(30-68-78)70-58(86)57-45-27-50-61(2,62(50,64)65)28-47(45)71-72-57/h4-6,25-26,29-30,34,37-39,42,50H,7-24,27-28,31-33,35H2,1-3H3,(H,66,82)(H,67,81)(H,70,86)(H,71,72)/t50-,61+/m1/s1. The Hall–Kier alpha value is -8.49. The van der Waals surface area contributed by atoms with Crippen molar-refractivity contribution in [1.82, 2.24) is 69.8 Å². The number of fused-ring (bicyclic) bond motifs is 4. The zero-order valence-electron chi connectivity index (χ0n) is 50.2. The fraction of sp³-hybridized carbons (Fsp3) is 0.548. The van der Waals surface area contributed by atoms with E-state index in [1.807, 2.05) is 19.4 Å². The number of carbonyl (C=O) groups excluding carboxylic acids is 8. The number of hydrogen-bond acceptors (Lipinski definition) is 14. The van der Waals surface area contributed by atoms with E-state index >= 15 is 4.39 Å². The van der Waals surface area contributed by atoms with Crippen molar-refractivity contribution in [2.24, 2.45) is 29.1 Å². The maximum absolute atomic E-state index is 15.9. The van der Waals surface area contributed by atoms with E-state index in [9.17, 15) is 47.1 Å². The molecular weight excluding hydrogens is 1160 g/mol. The van der Waals surface area contributed by atoms with Crippen molar-refractivity contribution in [3.8, 4) is 11.1 Å². The summed E-state index contributed by atoms with van der Waals surface area (Å²) in [4.78, 5) is 112. The number of halogens is 3. The lowest BCUT2D eigenvalue weighted by Gasteiger charge is -2.40. The van der Waals surface area contributed by atoms with Gasteiger partial charge in [-0.05, 0) is 107 Å². The lowest BCUT2D eigenvalue weighted by molar-refractivity contribution is -0.144. The molecule has 0 radical (unpaired) electrons. The summed E-state index contributed by atoms with van der Waals surface area (Å²) < 4.78 is 53.8. The van der Waals surface area contributed by atoms with E-state index in [-0.39, 0.29) is 92.2 Å². The quantitative estimate of drug-likeness (QED) is 0.0883. The molecule has 27 heteroatoms. The van der Waals surface area contributed by atoms with E-state index in [1.165, 1.54) is 28.7 Å². The first kappa shape index (κ1) is 60.8. The third kappa shape index (κ3) is 12.2. The van der Waals surface area contributed by atoms with Crippen LogP contribution in [0, 0.1) is 41.8 Å². The molecule has 6 aromatic rings. The van der Waals surface area contributed by atoms with Crippen molar-refractivity contribution in [2.75, 3.05) is 84.4 Å². The van der Waals surface area contributed by atoms with Crippen molar-refractivity contribution in [3.63, 3.8) is 0 Å². The molecule has 24 nitrogen and oxygen atoms in total. The highest BCUT2D eigenvalue weighted by molar-refractivity contribution is 6.04. The molecule has 4 aromatic heterocycles. The Labute approximate surface area is 510 Å². The third-order valence-corrected chi connectivity index (χ3v) is 19.7. The summed E-state index contributed by atoms with van der Waals surface area (Å²) in [6, 6.07) is 8.07. The first-order valence-electron chi connectivity index (χ1n) is 30.9. The molecule has 4 N–H and O–H groups in total. The van der Waals surface area contributed by atoms with Gasteiger partial charge < -0.3 is 40.3 Å². The summed E-state index contributed by atoms with van der Waals surface area (Å²) in [5, 5.41) is 29.0. The number of aromatic nitrogens is 8. The van der Waals surface area contributed by atoms with E-state index in [2.05, 4.69) is 51.1 Å². The molecular formula is C62H74F3N15O9. The summed E-state index contributed by atoms with van der Waals surface area (Å²) in [5.41, 5.74) is 2.77. The van der Waals surface area contributed by atoms with E-state index in [0.29, 0.717) is 121 Å². The van der Waals surface area contributed by atoms with Gasteiger partial charge in [0.1, 0.15) is 18.9 Å². The number of anilines is 1. The SMILES string of the molecule is COC(=O)CNC(=O)CNC(=O)Cn1nc(C)c2c(-c3cc4c(cnn4C(=O)CCC(=O)N4CCC(CN5CCC(C(=O)N6CCC(C(=O)N7CCC(n8cc(NC(=O)c9n[nH]c%10c9C[C@H]9C(F)(F)[C@@]9(C)C%10)cn8)CC7)CC6)CC5)CC4)cc3F)cccc21. The smallest absolute Gasteiger partial charge is 0.325 e. The van der Waals surface area contributed by atoms with Gasteiger partial charge in [-0.3, -0.25) is 52.8 Å². The molecule has 6 amide bonds. The van der Waals surface area contributed by atoms with Crippen LogP contribution in [0.25, 0.3) is 32.9 Å². The molecule has 0 bridgehead atoms. The monoisotopic (exact) mass is 1230 g/mol. The number of H-pyrrole nitrogens is 1. The van der Waals surface area contributed by atoms with Gasteiger partial charge in [0.15, 0.2) is 5.69 Å². The number of methoxy groups -OCH3 is 1. The second kappa shape index (κ2) is 24.8. The van der Waals surface area contributed by atoms with Gasteiger partial charge in [0.25, 0.3) is 11.8 Å². The molecule has 1 saturated carbocycles. The number of amides is 6. The second-order valence-corrected chi connectivity index (χ2v) is 25.1. The summed E-state index contributed by atoms with van der Waals surface area (Å²) in [6.45, 7) is 8.33. The minimum Gasteiger partial charge on any atom is -0.468 e. The zero-order chi connectivity index (χ0) is 62.5. The third-order valence-electron chi connectivity index (χ3n) is 19.7. The van der Waals surface area contributed by atoms with E-state index in [4.69, 9.17) is 0 Å². The molecule has 6 aliphatic rings. The van der Waals surface area contributed by atoms with Gasteiger partial charge in [-0.1, -0.05) is 19.1 Å². The Kier molecular flexibility index (Phi) is 17.0. The number of ether oxygens (including phenoxy) is 1. The molecule has 4 saturated heterocycles. The van der Waals surface area contributed by atoms with Gasteiger partial charge >= 0.3 is 5.97 Å². The molecule has 8 heterocycles. The lowest BCUT2D eigenvalue weighted by Crippen LogP contribution is -2.49. The van der Waals surface area contributed by atoms with Crippen molar-refractivity contribution in [1.29, 1.82) is 0 Å². The van der Waals surface area contributed by atoms with Crippen LogP contribution in [0.2, 0.25) is 0 Å². The number of alkyl halides is 2. The van der Waals surface area contributed by atoms with Crippen LogP contribution in [-0.4, -0.2) is 191 Å². The number of aryl methyl sites for hydroxylation is 1. The van der Waals surface area contributed by atoms with Crippen molar-refractivity contribution < 1.29 is 56.3 Å². The Bertz CT molecular complexity index is 3750. The highest BCUT2D eigenvalue weighted by atomic mass is 19.3. The number of nitrogens with one attached hydrogen (secondary N) is 4. The van der Waals surface area contributed by atoms with Gasteiger partial charge in [0, 0.05) is 122 Å². The van der Waals surface area contributed by atoms with Gasteiger partial charge in [0.2, 0.25) is 35.4 Å². The summed E-state index contributed by atoms with van der Waals surface area (Å²) in [5.74, 6) is -6.32. The minimum atomic E-state index is -2.76. The number of rotatable bonds is 17. The van der Waals surface area contributed by atoms with Crippen LogP contribution in [0.4, 0.5) is 18.9 Å². The predicted octanol–water partition coefficient (Wildman–Crippen LogP) is 4.92. The highest BCUT2D eigenvalue weighted by Crippen LogP contribution is 2.70. The van der Waals surface area contributed by atoms with Crippen molar-refractivity contribution in [3.05, 3.63) is 77.4 Å². The first-order valence-corrected chi connectivity index (χ1v) is 30.9. The number of nitrogens with zero attached hydrogens (tertiary/aromatic N) is 11. The van der Waals surface area contributed by atoms with Gasteiger partial charge in [-0.2, -0.15) is 20.4 Å². The molecule has 0 unspecified atom stereocenters. The average molecular weight is 1230 g/mol. The maximum atomic E-state index is 15.9. The Morgan fingerprint density at radius 3 is 2.12 bits per heavy atom.